The Balaban J connectivity index is 1.38. The third-order valence-electron chi connectivity index (χ3n) is 7.95. The number of methoxy groups -OCH3 is 1. The van der Waals surface area contributed by atoms with E-state index in [0.29, 0.717) is 59.0 Å². The Kier molecular flexibility index (Phi) is 8.60. The van der Waals surface area contributed by atoms with Gasteiger partial charge in [0.25, 0.3) is 5.56 Å². The van der Waals surface area contributed by atoms with Crippen LogP contribution in [0.2, 0.25) is 0 Å². The number of nitrogens with zero attached hydrogens (tertiary/aromatic N) is 6. The zero-order valence-electron chi connectivity index (χ0n) is 25.2. The summed E-state index contributed by atoms with van der Waals surface area (Å²) < 4.78 is 27.0. The van der Waals surface area contributed by atoms with Crippen molar-refractivity contribution in [3.05, 3.63) is 76.5 Å². The predicted octanol–water partition coefficient (Wildman–Crippen LogP) is 2.45. The summed E-state index contributed by atoms with van der Waals surface area (Å²) >= 11 is 0. The molecule has 45 heavy (non-hydrogen) atoms. The van der Waals surface area contributed by atoms with Crippen LogP contribution < -0.4 is 26.2 Å². The van der Waals surface area contributed by atoms with E-state index in [1.807, 2.05) is 19.1 Å². The molecule has 2 fully saturated rings. The minimum atomic E-state index is -0.407. The molecule has 2 aliphatic heterocycles. The number of ether oxygens (including phenoxy) is 2. The number of rotatable bonds is 7. The molecule has 4 aromatic rings. The number of benzene rings is 2. The Bertz CT molecular complexity index is 1800. The van der Waals surface area contributed by atoms with Gasteiger partial charge in [0.2, 0.25) is 5.91 Å². The summed E-state index contributed by atoms with van der Waals surface area (Å²) in [6, 6.07) is 13.5. The van der Waals surface area contributed by atoms with Crippen LogP contribution in [0.15, 0.2) is 64.5 Å². The number of aromatic nitrogens is 3. The van der Waals surface area contributed by atoms with Crippen LogP contribution in [0, 0.1) is 5.82 Å². The topological polar surface area (TPSA) is 140 Å². The number of carbonyl (C=O) groups excluding carboxylic acids is 1. The lowest BCUT2D eigenvalue weighted by Crippen LogP contribution is -2.56. The second-order valence-electron chi connectivity index (χ2n) is 11.1. The van der Waals surface area contributed by atoms with Crippen LogP contribution in [0.1, 0.15) is 12.5 Å². The van der Waals surface area contributed by atoms with Crippen molar-refractivity contribution in [2.75, 3.05) is 51.4 Å². The Hall–Kier alpha value is -5.04. The highest BCUT2D eigenvalue weighted by molar-refractivity contribution is 5.89. The number of morpholine rings is 1. The van der Waals surface area contributed by atoms with Gasteiger partial charge in [-0.15, -0.1) is 0 Å². The van der Waals surface area contributed by atoms with Crippen LogP contribution >= 0.6 is 0 Å². The van der Waals surface area contributed by atoms with Crippen molar-refractivity contribution in [2.24, 2.45) is 10.7 Å². The third-order valence-corrected chi connectivity index (χ3v) is 7.95. The van der Waals surface area contributed by atoms with Crippen LogP contribution in [-0.4, -0.2) is 83.8 Å². The molecule has 1 amide bonds. The quantitative estimate of drug-likeness (QED) is 0.237. The molecule has 1 atom stereocenters. The van der Waals surface area contributed by atoms with Gasteiger partial charge in [-0.1, -0.05) is 6.07 Å². The second-order valence-corrected chi connectivity index (χ2v) is 11.1. The van der Waals surface area contributed by atoms with Crippen LogP contribution in [0.4, 0.5) is 15.9 Å². The van der Waals surface area contributed by atoms with E-state index in [4.69, 9.17) is 20.2 Å². The first-order valence-electron chi connectivity index (χ1n) is 14.8. The molecule has 2 saturated heterocycles. The van der Waals surface area contributed by atoms with Gasteiger partial charge in [-0.25, -0.2) is 19.4 Å². The molecule has 0 aliphatic carbocycles. The average molecular weight is 615 g/mol. The number of aliphatic imine (C=N–C) groups is 1. The highest BCUT2D eigenvalue weighted by Gasteiger charge is 2.23. The maximum Gasteiger partial charge on any atom is 0.261 e. The van der Waals surface area contributed by atoms with Gasteiger partial charge in [0, 0.05) is 50.0 Å². The molecule has 0 radical (unpaired) electrons. The van der Waals surface area contributed by atoms with Crippen LogP contribution in [0.25, 0.3) is 22.3 Å². The molecule has 13 heteroatoms. The summed E-state index contributed by atoms with van der Waals surface area (Å²) in [4.78, 5) is 43.9. The van der Waals surface area contributed by atoms with Gasteiger partial charge in [-0.05, 0) is 55.3 Å². The number of piperazine rings is 1. The summed E-state index contributed by atoms with van der Waals surface area (Å²) in [6.45, 7) is 5.49. The minimum absolute atomic E-state index is 0.0612. The molecule has 2 aromatic carbocycles. The predicted molar refractivity (Wildman–Crippen MR) is 169 cm³/mol. The number of carbonyl (C=O) groups is 1. The molecule has 3 N–H and O–H groups in total. The van der Waals surface area contributed by atoms with Gasteiger partial charge in [-0.2, -0.15) is 0 Å². The van der Waals surface area contributed by atoms with Gasteiger partial charge < -0.3 is 30.3 Å². The summed E-state index contributed by atoms with van der Waals surface area (Å²) in [7, 11) is 1.48. The molecule has 0 unspecified atom stereocenters. The number of amides is 1. The standard InChI is InChI=1S/C32H35FN8O4/c1-20-18-40(19-29(42)36-20)32(34)37-23-5-7-25-27(15-23)38-30(22-4-8-28(35-17-22)39-11-13-45-14-12-39)41(31(25)43)10-9-21-3-6-24(44-2)16-26(21)33/h3-8,15-17,20H,9-14,18-19H2,1-2H3,(H2,34,37)(H,36,42)/t20-/m0/s1. The fraction of sp³-hybridized carbons (Fsp3) is 0.344. The van der Waals surface area contributed by atoms with Crippen molar-refractivity contribution in [3.8, 4) is 17.1 Å². The molecular weight excluding hydrogens is 579 g/mol. The Morgan fingerprint density at radius 3 is 2.69 bits per heavy atom. The number of anilines is 1. The third kappa shape index (κ3) is 6.58. The number of guanidine groups is 1. The lowest BCUT2D eigenvalue weighted by molar-refractivity contribution is -0.123. The molecule has 12 nitrogen and oxygen atoms in total. The van der Waals surface area contributed by atoms with Crippen molar-refractivity contribution >= 4 is 34.3 Å². The fourth-order valence-electron chi connectivity index (χ4n) is 5.61. The lowest BCUT2D eigenvalue weighted by atomic mass is 10.1. The van der Waals surface area contributed by atoms with E-state index < -0.39 is 5.82 Å². The monoisotopic (exact) mass is 614 g/mol. The number of fused-ring (bicyclic) bond motifs is 1. The molecule has 4 heterocycles. The number of nitrogens with one attached hydrogen (secondary N) is 1. The lowest BCUT2D eigenvalue weighted by Gasteiger charge is -2.31. The first-order chi connectivity index (χ1) is 21.8. The summed E-state index contributed by atoms with van der Waals surface area (Å²) in [6.07, 6.45) is 1.96. The molecular formula is C32H35FN8O4. The molecule has 234 valence electrons. The largest absolute Gasteiger partial charge is 0.497 e. The van der Waals surface area contributed by atoms with E-state index in [0.717, 1.165) is 18.9 Å². The highest BCUT2D eigenvalue weighted by Crippen LogP contribution is 2.25. The van der Waals surface area contributed by atoms with Crippen molar-refractivity contribution < 1.29 is 18.7 Å². The van der Waals surface area contributed by atoms with Crippen molar-refractivity contribution in [2.45, 2.75) is 25.9 Å². The van der Waals surface area contributed by atoms with Gasteiger partial charge in [0.05, 0.1) is 43.5 Å². The first kappa shape index (κ1) is 30.0. The highest BCUT2D eigenvalue weighted by atomic mass is 19.1. The van der Waals surface area contributed by atoms with E-state index in [9.17, 15) is 14.0 Å². The maximum absolute atomic E-state index is 14.8. The summed E-state index contributed by atoms with van der Waals surface area (Å²) in [5, 5.41) is 3.24. The van der Waals surface area contributed by atoms with E-state index in [1.54, 1.807) is 46.0 Å². The van der Waals surface area contributed by atoms with Crippen LogP contribution in [-0.2, 0) is 22.5 Å². The second kappa shape index (κ2) is 12.9. The zero-order chi connectivity index (χ0) is 31.5. The van der Waals surface area contributed by atoms with E-state index >= 15 is 0 Å². The summed E-state index contributed by atoms with van der Waals surface area (Å²) in [5.41, 5.74) is 8.02. The number of hydrogen-bond donors (Lipinski definition) is 2. The number of nitrogens with two attached hydrogens (primary N) is 1. The van der Waals surface area contributed by atoms with E-state index in [2.05, 4.69) is 20.2 Å². The fourth-order valence-corrected chi connectivity index (χ4v) is 5.61. The van der Waals surface area contributed by atoms with E-state index in [-0.39, 0.29) is 43.0 Å². The zero-order valence-corrected chi connectivity index (χ0v) is 25.2. The van der Waals surface area contributed by atoms with E-state index in [1.165, 1.54) is 13.2 Å². The number of aryl methyl sites for hydroxylation is 1. The normalized spacial score (nSPS) is 17.4. The minimum Gasteiger partial charge on any atom is -0.497 e. The smallest absolute Gasteiger partial charge is 0.261 e. The number of hydrogen-bond acceptors (Lipinski definition) is 8. The van der Waals surface area contributed by atoms with Gasteiger partial charge in [0.15, 0.2) is 5.96 Å². The summed E-state index contributed by atoms with van der Waals surface area (Å²) in [5.74, 6) is 1.30. The Labute approximate surface area is 259 Å². The van der Waals surface area contributed by atoms with Crippen LogP contribution in [0.5, 0.6) is 5.75 Å². The SMILES string of the molecule is COc1ccc(CCn2c(-c3ccc(N4CCOCC4)nc3)nc3cc(N=C(N)N4CC(=O)N[C@@H](C)C4)ccc3c2=O)c(F)c1. The van der Waals surface area contributed by atoms with Gasteiger partial charge in [-0.3, -0.25) is 14.2 Å². The maximum atomic E-state index is 14.8. The Morgan fingerprint density at radius 1 is 1.16 bits per heavy atom. The number of pyridine rings is 1. The Morgan fingerprint density at radius 2 is 1.98 bits per heavy atom. The average Bonchev–Trinajstić information content (AvgIpc) is 3.04. The first-order valence-corrected chi connectivity index (χ1v) is 14.8. The number of halogens is 1. The van der Waals surface area contributed by atoms with Gasteiger partial charge in [0.1, 0.15) is 23.2 Å². The molecule has 2 aromatic heterocycles. The van der Waals surface area contributed by atoms with Crippen molar-refractivity contribution in [1.82, 2.24) is 24.8 Å². The van der Waals surface area contributed by atoms with Crippen molar-refractivity contribution in [1.29, 1.82) is 0 Å². The molecule has 0 spiro atoms. The molecule has 2 aliphatic rings. The molecule has 0 saturated carbocycles. The van der Waals surface area contributed by atoms with Crippen molar-refractivity contribution in [3.63, 3.8) is 0 Å². The molecule has 6 rings (SSSR count). The molecule has 0 bridgehead atoms. The van der Waals surface area contributed by atoms with Crippen LogP contribution in [0.3, 0.4) is 0 Å². The van der Waals surface area contributed by atoms with Gasteiger partial charge >= 0.3 is 0 Å².